The summed E-state index contributed by atoms with van der Waals surface area (Å²) in [5.74, 6) is -1.11. The quantitative estimate of drug-likeness (QED) is 0.530. The van der Waals surface area contributed by atoms with Crippen LogP contribution in [0.3, 0.4) is 0 Å². The summed E-state index contributed by atoms with van der Waals surface area (Å²) < 4.78 is 38.5. The van der Waals surface area contributed by atoms with E-state index in [1.54, 1.807) is 32.2 Å². The van der Waals surface area contributed by atoms with Gasteiger partial charge in [0.1, 0.15) is 11.1 Å². The molecular formula is C16H15BrClFN4O2S. The molecule has 0 atom stereocenters. The summed E-state index contributed by atoms with van der Waals surface area (Å²) in [6, 6.07) is 3.16. The highest BCUT2D eigenvalue weighted by molar-refractivity contribution is 9.10. The van der Waals surface area contributed by atoms with Gasteiger partial charge in [0.25, 0.3) is 0 Å². The Labute approximate surface area is 169 Å². The molecule has 1 amide bonds. The lowest BCUT2D eigenvalue weighted by Crippen LogP contribution is -2.37. The number of carbonyl (C=O) groups excluding carboxylic acids is 1. The minimum absolute atomic E-state index is 0.0612. The van der Waals surface area contributed by atoms with Crippen molar-refractivity contribution in [3.63, 3.8) is 0 Å². The minimum atomic E-state index is -2.39. The van der Waals surface area contributed by atoms with Gasteiger partial charge in [0.15, 0.2) is 11.6 Å². The topological polar surface area (TPSA) is 59.7 Å². The molecule has 3 heterocycles. The Bertz CT molecular complexity index is 1040. The standard InChI is InChI=1S/C16H15BrClFN4O2S/c1-16(2,3)25-15(24)22(7-9-5-4-6-26-9)13-12-11(19)10(17)8-23(12)21-14(18)20-13/h4-6,8H,7H2,1-3H3/i7D2. The highest BCUT2D eigenvalue weighted by atomic mass is 79.9. The number of ether oxygens (including phenoxy) is 1. The molecule has 0 saturated carbocycles. The molecule has 10 heteroatoms. The molecule has 3 aromatic heterocycles. The van der Waals surface area contributed by atoms with E-state index in [0.717, 1.165) is 15.9 Å². The maximum absolute atomic E-state index is 14.8. The molecule has 0 N–H and O–H groups in total. The third kappa shape index (κ3) is 3.99. The van der Waals surface area contributed by atoms with Crippen LogP contribution in [0.2, 0.25) is 5.28 Å². The SMILES string of the molecule is [2H]C([2H])(c1cccs1)N(C(=O)OC(C)(C)C)c1nc(Cl)nn2cc(Br)c(F)c12. The third-order valence-corrected chi connectivity index (χ3v) is 4.50. The lowest BCUT2D eigenvalue weighted by molar-refractivity contribution is 0.0577. The molecule has 0 unspecified atom stereocenters. The molecule has 0 aliphatic rings. The number of amides is 1. The van der Waals surface area contributed by atoms with Gasteiger partial charge in [-0.05, 0) is 59.7 Å². The Hall–Kier alpha value is -1.71. The Balaban J connectivity index is 2.29. The molecule has 3 aromatic rings. The number of anilines is 1. The molecule has 0 saturated heterocycles. The molecule has 0 fully saturated rings. The van der Waals surface area contributed by atoms with Crippen LogP contribution in [0, 0.1) is 5.82 Å². The molecule has 0 aromatic carbocycles. The number of aromatic nitrogens is 3. The third-order valence-electron chi connectivity index (χ3n) is 3.01. The predicted molar refractivity (Wildman–Crippen MR) is 102 cm³/mol. The lowest BCUT2D eigenvalue weighted by atomic mass is 10.2. The first-order valence-corrected chi connectivity index (χ1v) is 9.44. The van der Waals surface area contributed by atoms with E-state index in [2.05, 4.69) is 26.0 Å². The number of hydrogen-bond donors (Lipinski definition) is 0. The van der Waals surface area contributed by atoms with Gasteiger partial charge in [-0.25, -0.2) is 13.7 Å². The summed E-state index contributed by atoms with van der Waals surface area (Å²) in [7, 11) is 0. The van der Waals surface area contributed by atoms with Gasteiger partial charge < -0.3 is 4.74 Å². The second-order valence-electron chi connectivity index (χ2n) is 6.19. The first kappa shape index (κ1) is 16.5. The zero-order valence-electron chi connectivity index (χ0n) is 16.0. The first-order valence-electron chi connectivity index (χ1n) is 8.39. The average Bonchev–Trinajstić information content (AvgIpc) is 3.15. The van der Waals surface area contributed by atoms with Crippen molar-refractivity contribution in [1.29, 1.82) is 0 Å². The van der Waals surface area contributed by atoms with Crippen LogP contribution in [0.5, 0.6) is 0 Å². The van der Waals surface area contributed by atoms with Crippen molar-refractivity contribution in [3.8, 4) is 0 Å². The Morgan fingerprint density at radius 1 is 1.58 bits per heavy atom. The van der Waals surface area contributed by atoms with E-state index in [1.165, 1.54) is 12.3 Å². The molecule has 26 heavy (non-hydrogen) atoms. The second-order valence-corrected chi connectivity index (χ2v) is 8.33. The van der Waals surface area contributed by atoms with E-state index in [4.69, 9.17) is 19.1 Å². The summed E-state index contributed by atoms with van der Waals surface area (Å²) in [6.45, 7) is 2.53. The van der Waals surface area contributed by atoms with Gasteiger partial charge >= 0.3 is 6.09 Å². The molecular weight excluding hydrogens is 447 g/mol. The number of rotatable bonds is 3. The van der Waals surface area contributed by atoms with Crippen LogP contribution in [0.4, 0.5) is 15.0 Å². The number of nitrogens with zero attached hydrogens (tertiary/aromatic N) is 4. The zero-order valence-corrected chi connectivity index (χ0v) is 17.1. The van der Waals surface area contributed by atoms with E-state index in [-0.39, 0.29) is 26.0 Å². The smallest absolute Gasteiger partial charge is 0.416 e. The summed E-state index contributed by atoms with van der Waals surface area (Å²) >= 11 is 10.1. The fraction of sp³-hybridized carbons (Fsp3) is 0.312. The Kier molecular flexibility index (Phi) is 4.51. The van der Waals surface area contributed by atoms with E-state index in [0.29, 0.717) is 4.90 Å². The van der Waals surface area contributed by atoms with Crippen LogP contribution in [0.1, 0.15) is 28.4 Å². The van der Waals surface area contributed by atoms with Crippen molar-refractivity contribution < 1.29 is 16.7 Å². The second kappa shape index (κ2) is 7.13. The van der Waals surface area contributed by atoms with Crippen LogP contribution < -0.4 is 4.90 Å². The van der Waals surface area contributed by atoms with Crippen molar-refractivity contribution in [2.24, 2.45) is 0 Å². The lowest BCUT2D eigenvalue weighted by Gasteiger charge is -2.26. The van der Waals surface area contributed by atoms with E-state index < -0.39 is 24.0 Å². The first-order chi connectivity index (χ1) is 12.9. The summed E-state index contributed by atoms with van der Waals surface area (Å²) in [5.41, 5.74) is -1.14. The Morgan fingerprint density at radius 3 is 2.92 bits per heavy atom. The van der Waals surface area contributed by atoms with Crippen molar-refractivity contribution in [1.82, 2.24) is 14.6 Å². The van der Waals surface area contributed by atoms with Crippen LogP contribution in [0.15, 0.2) is 28.2 Å². The van der Waals surface area contributed by atoms with Crippen molar-refractivity contribution in [2.75, 3.05) is 4.90 Å². The average molecular weight is 464 g/mol. The summed E-state index contributed by atoms with van der Waals surface area (Å²) in [6.07, 6.45) is 0.259. The number of hydrogen-bond acceptors (Lipinski definition) is 5. The summed E-state index contributed by atoms with van der Waals surface area (Å²) in [4.78, 5) is 17.8. The minimum Gasteiger partial charge on any atom is -0.443 e. The van der Waals surface area contributed by atoms with E-state index in [9.17, 15) is 9.18 Å². The normalized spacial score (nSPS) is 13.5. The van der Waals surface area contributed by atoms with Gasteiger partial charge in [-0.2, -0.15) is 4.98 Å². The van der Waals surface area contributed by atoms with Gasteiger partial charge in [0.2, 0.25) is 5.28 Å². The molecule has 6 nitrogen and oxygen atoms in total. The predicted octanol–water partition coefficient (Wildman–Crippen LogP) is 5.29. The highest BCUT2D eigenvalue weighted by Gasteiger charge is 2.29. The van der Waals surface area contributed by atoms with E-state index >= 15 is 0 Å². The summed E-state index contributed by atoms with van der Waals surface area (Å²) in [5, 5.41) is 5.25. The van der Waals surface area contributed by atoms with Crippen molar-refractivity contribution in [3.05, 3.63) is 44.2 Å². The van der Waals surface area contributed by atoms with Crippen LogP contribution in [-0.4, -0.2) is 26.3 Å². The molecule has 0 bridgehead atoms. The zero-order chi connectivity index (χ0) is 20.9. The number of carbonyl (C=O) groups is 1. The van der Waals surface area contributed by atoms with Crippen molar-refractivity contribution >= 4 is 56.3 Å². The van der Waals surface area contributed by atoms with Gasteiger partial charge in [0, 0.05) is 11.1 Å². The highest BCUT2D eigenvalue weighted by Crippen LogP contribution is 2.31. The molecule has 0 aliphatic heterocycles. The molecule has 138 valence electrons. The van der Waals surface area contributed by atoms with Gasteiger partial charge in [0.05, 0.1) is 13.7 Å². The number of thiophene rings is 1. The van der Waals surface area contributed by atoms with Gasteiger partial charge in [-0.3, -0.25) is 4.90 Å². The number of halogens is 3. The van der Waals surface area contributed by atoms with Crippen LogP contribution in [0.25, 0.3) is 5.52 Å². The van der Waals surface area contributed by atoms with Crippen LogP contribution >= 0.6 is 38.9 Å². The molecule has 0 spiro atoms. The molecule has 3 rings (SSSR count). The van der Waals surface area contributed by atoms with Crippen LogP contribution in [-0.2, 0) is 11.2 Å². The van der Waals surface area contributed by atoms with Gasteiger partial charge in [-0.1, -0.05) is 6.07 Å². The van der Waals surface area contributed by atoms with E-state index in [1.807, 2.05) is 0 Å². The maximum Gasteiger partial charge on any atom is 0.416 e. The Morgan fingerprint density at radius 2 is 2.31 bits per heavy atom. The monoisotopic (exact) mass is 462 g/mol. The van der Waals surface area contributed by atoms with Crippen molar-refractivity contribution in [2.45, 2.75) is 32.9 Å². The molecule has 0 radical (unpaired) electrons. The number of fused-ring (bicyclic) bond motifs is 1. The maximum atomic E-state index is 14.8. The fourth-order valence-electron chi connectivity index (χ4n) is 2.07. The van der Waals surface area contributed by atoms with Gasteiger partial charge in [-0.15, -0.1) is 16.4 Å². The fourth-order valence-corrected chi connectivity index (χ4v) is 3.22. The molecule has 0 aliphatic carbocycles. The largest absolute Gasteiger partial charge is 0.443 e.